The van der Waals surface area contributed by atoms with Crippen molar-refractivity contribution in [1.82, 2.24) is 0 Å². The van der Waals surface area contributed by atoms with Crippen molar-refractivity contribution in [2.45, 2.75) is 52.4 Å². The molecule has 8 nitrogen and oxygen atoms in total. The van der Waals surface area contributed by atoms with E-state index in [1.54, 1.807) is 0 Å². The lowest BCUT2D eigenvalue weighted by Gasteiger charge is -2.26. The Kier molecular flexibility index (Phi) is 11.7. The first-order chi connectivity index (χ1) is 9.67. The van der Waals surface area contributed by atoms with Crippen molar-refractivity contribution in [3.63, 3.8) is 0 Å². The maximum Gasteiger partial charge on any atom is 0.788 e. The van der Waals surface area contributed by atoms with Crippen molar-refractivity contribution in [2.75, 3.05) is 0 Å². The summed E-state index contributed by atoms with van der Waals surface area (Å²) < 4.78 is 42.0. The van der Waals surface area contributed by atoms with E-state index in [1.807, 2.05) is 52.4 Å². The molecule has 0 aliphatic rings. The Hall–Kier alpha value is 0.764. The second kappa shape index (κ2) is 11.3. The van der Waals surface area contributed by atoms with Gasteiger partial charge in [-0.2, -0.15) is 0 Å². The molecule has 0 saturated heterocycles. The Bertz CT molecular complexity index is 214. The van der Waals surface area contributed by atoms with Gasteiger partial charge in [-0.05, 0) is 52.4 Å². The molecule has 0 aliphatic carbocycles. The first-order valence-electron chi connectivity index (χ1n) is 7.04. The quantitative estimate of drug-likeness (QED) is 0.278. The molecule has 0 aliphatic heterocycles. The smallest absolute Gasteiger partial charge is 0.295 e. The van der Waals surface area contributed by atoms with Gasteiger partial charge in [0, 0.05) is 0 Å². The summed E-state index contributed by atoms with van der Waals surface area (Å²) in [4.78, 5) is 0. The summed E-state index contributed by atoms with van der Waals surface area (Å²) in [7, 11) is -9.71. The molecule has 0 atom stereocenters. The first kappa shape index (κ1) is 21.8. The first-order valence-corrected chi connectivity index (χ1v) is 19.8. The molecule has 0 heterocycles. The SMILES string of the molecule is C[SiH](C)OO[Si](OO[SiH](C)C)(OO[SiH](C)C)OO[SiH](C)C. The van der Waals surface area contributed by atoms with Crippen molar-refractivity contribution < 1.29 is 36.6 Å². The van der Waals surface area contributed by atoms with Crippen LogP contribution in [0.15, 0.2) is 0 Å². The van der Waals surface area contributed by atoms with Crippen molar-refractivity contribution in [3.05, 3.63) is 0 Å². The van der Waals surface area contributed by atoms with Crippen LogP contribution in [0.1, 0.15) is 0 Å². The Morgan fingerprint density at radius 2 is 0.619 bits per heavy atom. The van der Waals surface area contributed by atoms with Gasteiger partial charge in [0.05, 0.1) is 0 Å². The van der Waals surface area contributed by atoms with E-state index >= 15 is 0 Å². The Morgan fingerprint density at radius 1 is 0.429 bits per heavy atom. The van der Waals surface area contributed by atoms with Gasteiger partial charge in [0.25, 0.3) is 0 Å². The normalized spacial score (nSPS) is 13.1. The van der Waals surface area contributed by atoms with Gasteiger partial charge in [0.1, 0.15) is 0 Å². The molecule has 0 spiro atoms. The van der Waals surface area contributed by atoms with E-state index in [1.165, 1.54) is 0 Å². The average molecular weight is 393 g/mol. The molecule has 128 valence electrons. The van der Waals surface area contributed by atoms with Gasteiger partial charge in [-0.15, -0.1) is 0 Å². The van der Waals surface area contributed by atoms with Crippen LogP contribution in [0.2, 0.25) is 52.4 Å². The molecule has 0 rings (SSSR count). The van der Waals surface area contributed by atoms with Gasteiger partial charge in [-0.25, -0.2) is 18.3 Å². The second-order valence-corrected chi connectivity index (χ2v) is 16.2. The summed E-state index contributed by atoms with van der Waals surface area (Å²) >= 11 is 0. The predicted molar refractivity (Wildman–Crippen MR) is 89.9 cm³/mol. The van der Waals surface area contributed by atoms with Crippen molar-refractivity contribution >= 4 is 45.2 Å². The summed E-state index contributed by atoms with van der Waals surface area (Å²) in [6.07, 6.45) is 0. The summed E-state index contributed by atoms with van der Waals surface area (Å²) in [5, 5.41) is 0. The summed E-state index contributed by atoms with van der Waals surface area (Å²) in [5.41, 5.74) is 0. The molecule has 0 N–H and O–H groups in total. The fraction of sp³-hybridized carbons (Fsp3) is 1.00. The molecule has 0 aromatic rings. The highest BCUT2D eigenvalue weighted by Gasteiger charge is 2.55. The van der Waals surface area contributed by atoms with Crippen molar-refractivity contribution in [3.8, 4) is 0 Å². The molecule has 0 amide bonds. The Morgan fingerprint density at radius 3 is 0.762 bits per heavy atom. The van der Waals surface area contributed by atoms with Crippen LogP contribution in [-0.4, -0.2) is 45.2 Å². The van der Waals surface area contributed by atoms with Crippen LogP contribution >= 0.6 is 0 Å². The molecule has 0 radical (unpaired) electrons. The molecule has 0 aromatic carbocycles. The van der Waals surface area contributed by atoms with Crippen LogP contribution in [0.3, 0.4) is 0 Å². The molecular weight excluding hydrogens is 365 g/mol. The van der Waals surface area contributed by atoms with E-state index in [0.29, 0.717) is 0 Å². The lowest BCUT2D eigenvalue weighted by Crippen LogP contribution is -2.52. The molecule has 21 heavy (non-hydrogen) atoms. The fourth-order valence-corrected chi connectivity index (χ4v) is 5.84. The standard InChI is InChI=1S/C8H28O8Si5/c1-17(2)9-13-21(14-10-18(3)4,15-11-19(5)6)16-12-20(7)8/h17-20H,1-8H3. The van der Waals surface area contributed by atoms with Gasteiger partial charge in [0.2, 0.25) is 36.2 Å². The highest BCUT2D eigenvalue weighted by Crippen LogP contribution is 2.16. The van der Waals surface area contributed by atoms with Crippen molar-refractivity contribution in [1.29, 1.82) is 0 Å². The van der Waals surface area contributed by atoms with E-state index in [9.17, 15) is 0 Å². The minimum Gasteiger partial charge on any atom is -0.295 e. The average Bonchev–Trinajstić information content (AvgIpc) is 2.36. The number of hydrogen-bond donors (Lipinski definition) is 0. The maximum atomic E-state index is 5.27. The van der Waals surface area contributed by atoms with Gasteiger partial charge in [-0.3, -0.25) is 18.3 Å². The molecule has 0 unspecified atom stereocenters. The Labute approximate surface area is 134 Å². The van der Waals surface area contributed by atoms with Gasteiger partial charge >= 0.3 is 9.05 Å². The third kappa shape index (κ3) is 11.9. The minimum atomic E-state index is -3.80. The van der Waals surface area contributed by atoms with Crippen LogP contribution in [-0.2, 0) is 36.6 Å². The summed E-state index contributed by atoms with van der Waals surface area (Å²) in [5.74, 6) is 0. The molecule has 0 bridgehead atoms. The van der Waals surface area contributed by atoms with Crippen LogP contribution in [0, 0.1) is 0 Å². The van der Waals surface area contributed by atoms with Gasteiger partial charge in [0.15, 0.2) is 0 Å². The topological polar surface area (TPSA) is 73.8 Å². The van der Waals surface area contributed by atoms with E-state index in [2.05, 4.69) is 0 Å². The predicted octanol–water partition coefficient (Wildman–Crippen LogP) is 1.15. The summed E-state index contributed by atoms with van der Waals surface area (Å²) in [6.45, 7) is 15.5. The largest absolute Gasteiger partial charge is 0.788 e. The lowest BCUT2D eigenvalue weighted by atomic mass is 11.9. The minimum absolute atomic E-state index is 1.48. The Balaban J connectivity index is 4.85. The van der Waals surface area contributed by atoms with Crippen LogP contribution in [0.25, 0.3) is 0 Å². The zero-order chi connectivity index (χ0) is 16.5. The highest BCUT2D eigenvalue weighted by molar-refractivity contribution is 6.57. The highest BCUT2D eigenvalue weighted by atomic mass is 28.4. The van der Waals surface area contributed by atoms with E-state index in [4.69, 9.17) is 36.6 Å². The van der Waals surface area contributed by atoms with Crippen molar-refractivity contribution in [2.24, 2.45) is 0 Å². The van der Waals surface area contributed by atoms with Crippen LogP contribution in [0.5, 0.6) is 0 Å². The molecule has 0 fully saturated rings. The monoisotopic (exact) mass is 392 g/mol. The zero-order valence-electron chi connectivity index (χ0n) is 14.1. The molecular formula is C8H28O8Si5. The second-order valence-electron chi connectivity index (χ2n) is 5.41. The molecule has 0 aromatic heterocycles. The number of rotatable bonds is 12. The summed E-state index contributed by atoms with van der Waals surface area (Å²) in [6, 6.07) is 0. The van der Waals surface area contributed by atoms with E-state index in [-0.39, 0.29) is 0 Å². The third-order valence-electron chi connectivity index (χ3n) is 1.37. The van der Waals surface area contributed by atoms with E-state index in [0.717, 1.165) is 0 Å². The maximum absolute atomic E-state index is 5.27. The lowest BCUT2D eigenvalue weighted by molar-refractivity contribution is -0.360. The molecule has 13 heteroatoms. The zero-order valence-corrected chi connectivity index (χ0v) is 19.7. The third-order valence-corrected chi connectivity index (χ3v) is 5.27. The van der Waals surface area contributed by atoms with E-state index < -0.39 is 45.2 Å². The number of hydrogen-bond acceptors (Lipinski definition) is 8. The van der Waals surface area contributed by atoms with Crippen LogP contribution in [0.4, 0.5) is 0 Å². The van der Waals surface area contributed by atoms with Gasteiger partial charge in [-0.1, -0.05) is 0 Å². The fourth-order valence-electron chi connectivity index (χ4n) is 0.704. The van der Waals surface area contributed by atoms with Crippen LogP contribution < -0.4 is 0 Å². The molecule has 0 saturated carbocycles. The van der Waals surface area contributed by atoms with Gasteiger partial charge < -0.3 is 0 Å².